The average molecular weight is 417 g/mol. The van der Waals surface area contributed by atoms with Gasteiger partial charge in [0.05, 0.1) is 28.9 Å². The van der Waals surface area contributed by atoms with E-state index in [4.69, 9.17) is 10.00 Å². The van der Waals surface area contributed by atoms with E-state index in [0.717, 1.165) is 25.9 Å². The summed E-state index contributed by atoms with van der Waals surface area (Å²) < 4.78 is 7.19. The molecule has 8 heteroatoms. The van der Waals surface area contributed by atoms with Crippen molar-refractivity contribution in [3.05, 3.63) is 70.3 Å². The van der Waals surface area contributed by atoms with Crippen molar-refractivity contribution in [2.75, 3.05) is 13.2 Å². The lowest BCUT2D eigenvalue weighted by Crippen LogP contribution is -2.29. The van der Waals surface area contributed by atoms with Crippen LogP contribution in [0.3, 0.4) is 0 Å². The number of nitriles is 1. The molecular formula is C23H23N5O3. The molecule has 1 saturated heterocycles. The zero-order valence-electron chi connectivity index (χ0n) is 17.0. The number of rotatable bonds is 6. The Bertz CT molecular complexity index is 1130. The Morgan fingerprint density at radius 3 is 2.77 bits per heavy atom. The molecule has 1 aliphatic rings. The predicted octanol–water partition coefficient (Wildman–Crippen LogP) is 2.79. The van der Waals surface area contributed by atoms with Crippen LogP contribution in [0.5, 0.6) is 0 Å². The number of carbonyl (C=O) groups is 1. The second-order valence-electron chi connectivity index (χ2n) is 7.48. The molecule has 1 atom stereocenters. The number of carbonyl (C=O) groups excluding carboxylic acids is 1. The first-order chi connectivity index (χ1) is 15.1. The third kappa shape index (κ3) is 4.90. The summed E-state index contributed by atoms with van der Waals surface area (Å²) in [4.78, 5) is 29.0. The lowest BCUT2D eigenvalue weighted by Gasteiger charge is -2.22. The van der Waals surface area contributed by atoms with Gasteiger partial charge in [-0.2, -0.15) is 5.26 Å². The van der Waals surface area contributed by atoms with Crippen LogP contribution in [0.25, 0.3) is 16.9 Å². The summed E-state index contributed by atoms with van der Waals surface area (Å²) in [5.74, 6) is 0.304. The first-order valence-electron chi connectivity index (χ1n) is 10.3. The monoisotopic (exact) mass is 417 g/mol. The zero-order chi connectivity index (χ0) is 21.6. The minimum Gasteiger partial charge on any atom is -0.378 e. The normalized spacial score (nSPS) is 15.9. The highest BCUT2D eigenvalue weighted by Gasteiger charge is 2.15. The number of hydrogen-bond donors (Lipinski definition) is 2. The number of aromatic nitrogens is 3. The Hall–Kier alpha value is -3.70. The average Bonchev–Trinajstić information content (AvgIpc) is 3.21. The van der Waals surface area contributed by atoms with E-state index >= 15 is 0 Å². The van der Waals surface area contributed by atoms with Crippen molar-refractivity contribution in [3.63, 3.8) is 0 Å². The molecule has 0 saturated carbocycles. The lowest BCUT2D eigenvalue weighted by atomic mass is 10.1. The maximum absolute atomic E-state index is 12.4. The molecule has 0 spiro atoms. The van der Waals surface area contributed by atoms with Crippen LogP contribution in [0, 0.1) is 11.3 Å². The maximum atomic E-state index is 12.4. The van der Waals surface area contributed by atoms with E-state index < -0.39 is 0 Å². The van der Waals surface area contributed by atoms with Crippen LogP contribution in [0.1, 0.15) is 41.6 Å². The smallest absolute Gasteiger partial charge is 0.272 e. The van der Waals surface area contributed by atoms with Crippen LogP contribution in [0.2, 0.25) is 0 Å². The number of nitrogens with one attached hydrogen (secondary N) is 2. The van der Waals surface area contributed by atoms with Crippen LogP contribution >= 0.6 is 0 Å². The number of nitrogens with zero attached hydrogens (tertiary/aromatic N) is 3. The van der Waals surface area contributed by atoms with Gasteiger partial charge in [0.2, 0.25) is 0 Å². The molecule has 0 bridgehead atoms. The fourth-order valence-corrected chi connectivity index (χ4v) is 3.59. The summed E-state index contributed by atoms with van der Waals surface area (Å²) in [6.45, 7) is 1.36. The summed E-state index contributed by atoms with van der Waals surface area (Å²) >= 11 is 0. The first kappa shape index (κ1) is 20.6. The van der Waals surface area contributed by atoms with Crippen molar-refractivity contribution >= 4 is 5.91 Å². The molecule has 1 unspecified atom stereocenters. The molecule has 1 aromatic carbocycles. The third-order valence-electron chi connectivity index (χ3n) is 5.33. The predicted molar refractivity (Wildman–Crippen MR) is 115 cm³/mol. The third-order valence-corrected chi connectivity index (χ3v) is 5.33. The Labute approximate surface area is 179 Å². The molecule has 2 aromatic heterocycles. The Kier molecular flexibility index (Phi) is 6.24. The Morgan fingerprint density at radius 2 is 2.10 bits per heavy atom. The molecule has 3 aromatic rings. The molecule has 3 heterocycles. The molecule has 1 amide bonds. The summed E-state index contributed by atoms with van der Waals surface area (Å²) in [5.41, 5.74) is 1.89. The summed E-state index contributed by atoms with van der Waals surface area (Å²) in [5, 5.41) is 14.5. The van der Waals surface area contributed by atoms with Gasteiger partial charge in [0.15, 0.2) is 5.82 Å². The van der Waals surface area contributed by atoms with E-state index in [1.54, 1.807) is 42.6 Å². The highest BCUT2D eigenvalue weighted by Crippen LogP contribution is 2.17. The van der Waals surface area contributed by atoms with E-state index in [0.29, 0.717) is 34.6 Å². The van der Waals surface area contributed by atoms with Gasteiger partial charge >= 0.3 is 0 Å². The van der Waals surface area contributed by atoms with Gasteiger partial charge in [0, 0.05) is 25.5 Å². The molecule has 31 heavy (non-hydrogen) atoms. The number of hydrogen-bond acceptors (Lipinski definition) is 5. The van der Waals surface area contributed by atoms with Gasteiger partial charge < -0.3 is 10.1 Å². The summed E-state index contributed by atoms with van der Waals surface area (Å²) in [7, 11) is 0. The van der Waals surface area contributed by atoms with Gasteiger partial charge in [-0.3, -0.25) is 14.7 Å². The molecule has 1 fully saturated rings. The molecule has 2 N–H and O–H groups in total. The van der Waals surface area contributed by atoms with Crippen molar-refractivity contribution < 1.29 is 9.53 Å². The standard InChI is InChI=1S/C23H23N5O3/c24-13-16-4-6-17(7-5-16)20-15-28(27-23(20)30)21-9-8-18(14-26-21)22(29)25-11-10-19-3-1-2-12-31-19/h4-9,14-15,19H,1-3,10-12H2,(H,25,29)(H,27,30). The fraction of sp³-hybridized carbons (Fsp3) is 0.304. The molecule has 4 rings (SSSR count). The van der Waals surface area contributed by atoms with Gasteiger partial charge in [0.25, 0.3) is 11.5 Å². The fourth-order valence-electron chi connectivity index (χ4n) is 3.59. The maximum Gasteiger partial charge on any atom is 0.272 e. The molecule has 8 nitrogen and oxygen atoms in total. The van der Waals surface area contributed by atoms with Gasteiger partial charge in [-0.15, -0.1) is 0 Å². The number of aromatic amines is 1. The number of ether oxygens (including phenoxy) is 1. The van der Waals surface area contributed by atoms with Crippen molar-refractivity contribution in [2.24, 2.45) is 0 Å². The van der Waals surface area contributed by atoms with Gasteiger partial charge in [-0.1, -0.05) is 12.1 Å². The van der Waals surface area contributed by atoms with Crippen molar-refractivity contribution in [1.82, 2.24) is 20.1 Å². The quantitative estimate of drug-likeness (QED) is 0.640. The number of H-pyrrole nitrogens is 1. The second-order valence-corrected chi connectivity index (χ2v) is 7.48. The number of pyridine rings is 1. The molecular weight excluding hydrogens is 394 g/mol. The van der Waals surface area contributed by atoms with Crippen LogP contribution in [-0.4, -0.2) is 39.9 Å². The van der Waals surface area contributed by atoms with Gasteiger partial charge in [0.1, 0.15) is 0 Å². The minimum atomic E-state index is -0.266. The summed E-state index contributed by atoms with van der Waals surface area (Å²) in [6, 6.07) is 12.2. The topological polar surface area (TPSA) is 113 Å². The highest BCUT2D eigenvalue weighted by atomic mass is 16.5. The second kappa shape index (κ2) is 9.41. The molecule has 158 valence electrons. The Balaban J connectivity index is 1.40. The SMILES string of the molecule is N#Cc1ccc(-c2cn(-c3ccc(C(=O)NCCC4CCCCO4)cn3)[nH]c2=O)cc1. The van der Waals surface area contributed by atoms with E-state index in [1.165, 1.54) is 17.3 Å². The Morgan fingerprint density at radius 1 is 1.26 bits per heavy atom. The van der Waals surface area contributed by atoms with Crippen LogP contribution in [0.15, 0.2) is 53.6 Å². The minimum absolute atomic E-state index is 0.186. The summed E-state index contributed by atoms with van der Waals surface area (Å²) in [6.07, 6.45) is 7.51. The van der Waals surface area contributed by atoms with Crippen molar-refractivity contribution in [1.29, 1.82) is 5.26 Å². The molecule has 0 aliphatic carbocycles. The molecule has 1 aliphatic heterocycles. The van der Waals surface area contributed by atoms with Gasteiger partial charge in [-0.25, -0.2) is 9.67 Å². The van der Waals surface area contributed by atoms with E-state index in [9.17, 15) is 9.59 Å². The van der Waals surface area contributed by atoms with Crippen molar-refractivity contribution in [3.8, 4) is 23.0 Å². The largest absolute Gasteiger partial charge is 0.378 e. The van der Waals surface area contributed by atoms with E-state index in [-0.39, 0.29) is 17.6 Å². The van der Waals surface area contributed by atoms with Crippen LogP contribution in [0.4, 0.5) is 0 Å². The van der Waals surface area contributed by atoms with E-state index in [2.05, 4.69) is 21.5 Å². The number of amides is 1. The van der Waals surface area contributed by atoms with Crippen LogP contribution < -0.4 is 10.9 Å². The number of benzene rings is 1. The van der Waals surface area contributed by atoms with Crippen molar-refractivity contribution in [2.45, 2.75) is 31.8 Å². The molecule has 0 radical (unpaired) electrons. The zero-order valence-corrected chi connectivity index (χ0v) is 17.0. The first-order valence-corrected chi connectivity index (χ1v) is 10.3. The van der Waals surface area contributed by atoms with Crippen LogP contribution in [-0.2, 0) is 4.74 Å². The lowest BCUT2D eigenvalue weighted by molar-refractivity contribution is 0.0117. The van der Waals surface area contributed by atoms with Gasteiger partial charge in [-0.05, 0) is 55.5 Å². The highest BCUT2D eigenvalue weighted by molar-refractivity contribution is 5.93. The van der Waals surface area contributed by atoms with E-state index in [1.807, 2.05) is 0 Å².